The SMILES string of the molecule is Cc1ccc(NC(=O)c2cc(Cl)ccc2I)cc1C(=O)O. The van der Waals surface area contributed by atoms with Crippen molar-refractivity contribution in [2.45, 2.75) is 6.92 Å². The highest BCUT2D eigenvalue weighted by atomic mass is 127. The summed E-state index contributed by atoms with van der Waals surface area (Å²) in [4.78, 5) is 23.3. The van der Waals surface area contributed by atoms with E-state index in [-0.39, 0.29) is 11.5 Å². The van der Waals surface area contributed by atoms with Crippen molar-refractivity contribution < 1.29 is 14.7 Å². The molecule has 0 aromatic heterocycles. The van der Waals surface area contributed by atoms with Crippen LogP contribution in [0.25, 0.3) is 0 Å². The summed E-state index contributed by atoms with van der Waals surface area (Å²) in [5.74, 6) is -1.36. The largest absolute Gasteiger partial charge is 0.478 e. The van der Waals surface area contributed by atoms with E-state index in [2.05, 4.69) is 5.32 Å². The van der Waals surface area contributed by atoms with Gasteiger partial charge in [-0.3, -0.25) is 4.79 Å². The number of carbonyl (C=O) groups is 2. The number of aromatic carboxylic acids is 1. The highest BCUT2D eigenvalue weighted by molar-refractivity contribution is 14.1. The van der Waals surface area contributed by atoms with E-state index in [1.54, 1.807) is 37.3 Å². The van der Waals surface area contributed by atoms with E-state index in [9.17, 15) is 9.59 Å². The molecule has 2 aromatic rings. The second kappa shape index (κ2) is 6.44. The number of carboxylic acid groups (broad SMARTS) is 1. The Morgan fingerprint density at radius 1 is 1.14 bits per heavy atom. The molecule has 6 heteroatoms. The maximum absolute atomic E-state index is 12.2. The Morgan fingerprint density at radius 3 is 2.52 bits per heavy atom. The molecule has 0 atom stereocenters. The molecule has 0 aliphatic rings. The zero-order valence-electron chi connectivity index (χ0n) is 11.0. The van der Waals surface area contributed by atoms with Crippen molar-refractivity contribution in [2.24, 2.45) is 0 Å². The molecule has 1 amide bonds. The van der Waals surface area contributed by atoms with Crippen LogP contribution in [-0.2, 0) is 0 Å². The molecular formula is C15H11ClINO3. The summed E-state index contributed by atoms with van der Waals surface area (Å²) in [5.41, 5.74) is 1.67. The number of carbonyl (C=O) groups excluding carboxylic acids is 1. The fourth-order valence-electron chi connectivity index (χ4n) is 1.80. The fourth-order valence-corrected chi connectivity index (χ4v) is 2.55. The summed E-state index contributed by atoms with van der Waals surface area (Å²) in [7, 11) is 0. The van der Waals surface area contributed by atoms with Crippen LogP contribution in [0.4, 0.5) is 5.69 Å². The van der Waals surface area contributed by atoms with Crippen LogP contribution in [0.15, 0.2) is 36.4 Å². The second-order valence-corrected chi connectivity index (χ2v) is 6.01. The van der Waals surface area contributed by atoms with Crippen LogP contribution in [0.2, 0.25) is 5.02 Å². The van der Waals surface area contributed by atoms with E-state index in [0.29, 0.717) is 21.8 Å². The van der Waals surface area contributed by atoms with E-state index in [0.717, 1.165) is 3.57 Å². The average molecular weight is 416 g/mol. The molecule has 0 fully saturated rings. The van der Waals surface area contributed by atoms with Gasteiger partial charge < -0.3 is 10.4 Å². The second-order valence-electron chi connectivity index (χ2n) is 4.41. The Bertz CT molecular complexity index is 731. The quantitative estimate of drug-likeness (QED) is 0.738. The van der Waals surface area contributed by atoms with Crippen molar-refractivity contribution >= 4 is 51.8 Å². The van der Waals surface area contributed by atoms with Gasteiger partial charge in [-0.05, 0) is 65.4 Å². The van der Waals surface area contributed by atoms with Gasteiger partial charge in [0.15, 0.2) is 0 Å². The maximum Gasteiger partial charge on any atom is 0.336 e. The Morgan fingerprint density at radius 2 is 1.86 bits per heavy atom. The van der Waals surface area contributed by atoms with E-state index in [1.165, 1.54) is 6.07 Å². The van der Waals surface area contributed by atoms with Crippen LogP contribution in [-0.4, -0.2) is 17.0 Å². The molecule has 0 spiro atoms. The van der Waals surface area contributed by atoms with Gasteiger partial charge in [-0.1, -0.05) is 17.7 Å². The summed E-state index contributed by atoms with van der Waals surface area (Å²) in [6.07, 6.45) is 0. The van der Waals surface area contributed by atoms with Gasteiger partial charge in [0.2, 0.25) is 0 Å². The zero-order valence-corrected chi connectivity index (χ0v) is 13.9. The number of hydrogen-bond donors (Lipinski definition) is 2. The molecule has 21 heavy (non-hydrogen) atoms. The number of nitrogens with one attached hydrogen (secondary N) is 1. The normalized spacial score (nSPS) is 10.2. The average Bonchev–Trinajstić information content (AvgIpc) is 2.43. The molecule has 0 unspecified atom stereocenters. The van der Waals surface area contributed by atoms with Gasteiger partial charge in [-0.15, -0.1) is 0 Å². The molecule has 4 nitrogen and oxygen atoms in total. The number of anilines is 1. The van der Waals surface area contributed by atoms with Crippen molar-refractivity contribution in [3.63, 3.8) is 0 Å². The number of hydrogen-bond acceptors (Lipinski definition) is 2. The topological polar surface area (TPSA) is 66.4 Å². The Kier molecular flexibility index (Phi) is 4.84. The lowest BCUT2D eigenvalue weighted by atomic mass is 10.1. The third kappa shape index (κ3) is 3.74. The number of aryl methyl sites for hydroxylation is 1. The first kappa shape index (κ1) is 15.8. The van der Waals surface area contributed by atoms with Crippen LogP contribution in [0.3, 0.4) is 0 Å². The third-order valence-corrected chi connectivity index (χ3v) is 4.07. The van der Waals surface area contributed by atoms with E-state index in [4.69, 9.17) is 16.7 Å². The Hall–Kier alpha value is -1.60. The number of halogens is 2. The minimum Gasteiger partial charge on any atom is -0.478 e. The molecular weight excluding hydrogens is 405 g/mol. The van der Waals surface area contributed by atoms with Crippen LogP contribution in [0, 0.1) is 10.5 Å². The first-order chi connectivity index (χ1) is 9.88. The number of carboxylic acids is 1. The summed E-state index contributed by atoms with van der Waals surface area (Å²) in [6.45, 7) is 1.70. The number of rotatable bonds is 3. The summed E-state index contributed by atoms with van der Waals surface area (Å²) in [6, 6.07) is 9.78. The Balaban J connectivity index is 2.29. The first-order valence-corrected chi connectivity index (χ1v) is 7.44. The van der Waals surface area contributed by atoms with Crippen LogP contribution in [0.1, 0.15) is 26.3 Å². The predicted octanol–water partition coefficient (Wildman–Crippen LogP) is 4.20. The van der Waals surface area contributed by atoms with E-state index < -0.39 is 5.97 Å². The van der Waals surface area contributed by atoms with Crippen molar-refractivity contribution in [1.29, 1.82) is 0 Å². The first-order valence-electron chi connectivity index (χ1n) is 5.99. The summed E-state index contributed by atoms with van der Waals surface area (Å²) >= 11 is 7.93. The van der Waals surface area contributed by atoms with Gasteiger partial charge in [0.05, 0.1) is 11.1 Å². The van der Waals surface area contributed by atoms with E-state index >= 15 is 0 Å². The fraction of sp³-hybridized carbons (Fsp3) is 0.0667. The lowest BCUT2D eigenvalue weighted by Crippen LogP contribution is -2.14. The molecule has 0 saturated heterocycles. The predicted molar refractivity (Wildman–Crippen MR) is 90.3 cm³/mol. The van der Waals surface area contributed by atoms with Crippen LogP contribution >= 0.6 is 34.2 Å². The van der Waals surface area contributed by atoms with Gasteiger partial charge in [-0.2, -0.15) is 0 Å². The molecule has 0 heterocycles. The lowest BCUT2D eigenvalue weighted by molar-refractivity contribution is 0.0695. The number of amides is 1. The van der Waals surface area contributed by atoms with E-state index in [1.807, 2.05) is 22.6 Å². The molecule has 0 radical (unpaired) electrons. The van der Waals surface area contributed by atoms with Gasteiger partial charge in [0, 0.05) is 14.3 Å². The highest BCUT2D eigenvalue weighted by Crippen LogP contribution is 2.21. The smallest absolute Gasteiger partial charge is 0.336 e. The molecule has 2 aromatic carbocycles. The van der Waals surface area contributed by atoms with Gasteiger partial charge in [0.1, 0.15) is 0 Å². The monoisotopic (exact) mass is 415 g/mol. The Labute approximate surface area is 140 Å². The molecule has 0 aliphatic carbocycles. The van der Waals surface area contributed by atoms with Gasteiger partial charge >= 0.3 is 5.97 Å². The third-order valence-electron chi connectivity index (χ3n) is 2.90. The summed E-state index contributed by atoms with van der Waals surface area (Å²) in [5, 5.41) is 12.2. The van der Waals surface area contributed by atoms with Crippen LogP contribution < -0.4 is 5.32 Å². The molecule has 2 rings (SSSR count). The van der Waals surface area contributed by atoms with Gasteiger partial charge in [-0.25, -0.2) is 4.79 Å². The number of benzene rings is 2. The molecule has 108 valence electrons. The molecule has 0 aliphatic heterocycles. The highest BCUT2D eigenvalue weighted by Gasteiger charge is 2.13. The van der Waals surface area contributed by atoms with Crippen molar-refractivity contribution in [2.75, 3.05) is 5.32 Å². The summed E-state index contributed by atoms with van der Waals surface area (Å²) < 4.78 is 0.764. The molecule has 2 N–H and O–H groups in total. The van der Waals surface area contributed by atoms with Gasteiger partial charge in [0.25, 0.3) is 5.91 Å². The minimum absolute atomic E-state index is 0.161. The maximum atomic E-state index is 12.2. The lowest BCUT2D eigenvalue weighted by Gasteiger charge is -2.09. The van der Waals surface area contributed by atoms with Crippen molar-refractivity contribution in [1.82, 2.24) is 0 Å². The van der Waals surface area contributed by atoms with Crippen molar-refractivity contribution in [3.8, 4) is 0 Å². The zero-order chi connectivity index (χ0) is 15.6. The molecule has 0 saturated carbocycles. The minimum atomic E-state index is -1.03. The molecule has 0 bridgehead atoms. The van der Waals surface area contributed by atoms with Crippen molar-refractivity contribution in [3.05, 3.63) is 61.7 Å². The van der Waals surface area contributed by atoms with Crippen LogP contribution in [0.5, 0.6) is 0 Å². The standard InChI is InChI=1S/C15H11ClINO3/c1-8-2-4-10(7-11(8)15(20)21)18-14(19)12-6-9(16)3-5-13(12)17/h2-7H,1H3,(H,18,19)(H,20,21).